The molecule has 1 amide bonds. The highest BCUT2D eigenvalue weighted by Gasteiger charge is 2.20. The Kier molecular flexibility index (Phi) is 9.13. The third-order valence-electron chi connectivity index (χ3n) is 2.99. The van der Waals surface area contributed by atoms with Crippen molar-refractivity contribution in [3.63, 3.8) is 0 Å². The largest absolute Gasteiger partial charge is 0.352 e. The summed E-state index contributed by atoms with van der Waals surface area (Å²) in [6.07, 6.45) is 5.21. The Labute approximate surface area is 110 Å². The van der Waals surface area contributed by atoms with Crippen molar-refractivity contribution in [2.75, 3.05) is 32.7 Å². The van der Waals surface area contributed by atoms with Crippen molar-refractivity contribution in [2.24, 2.45) is 11.7 Å². The van der Waals surface area contributed by atoms with Gasteiger partial charge in [0, 0.05) is 13.1 Å². The lowest BCUT2D eigenvalue weighted by Crippen LogP contribution is -2.42. The van der Waals surface area contributed by atoms with E-state index >= 15 is 0 Å². The average molecular weight is 262 g/mol. The number of nitrogens with zero attached hydrogens (tertiary/aromatic N) is 1. The molecule has 5 heteroatoms. The van der Waals surface area contributed by atoms with Crippen LogP contribution in [-0.2, 0) is 4.79 Å². The summed E-state index contributed by atoms with van der Waals surface area (Å²) >= 11 is 0. The Balaban J connectivity index is 0.00000256. The number of hydrogen-bond donors (Lipinski definition) is 2. The lowest BCUT2D eigenvalue weighted by Gasteiger charge is -2.31. The molecule has 1 saturated heterocycles. The molecule has 0 spiro atoms. The van der Waals surface area contributed by atoms with E-state index in [1.807, 2.05) is 0 Å². The Morgan fingerprint density at radius 1 is 1.59 bits per heavy atom. The standard InChI is InChI=1S/C12H23N3O.ClH/c1-2-7-14-12(16)10-15-8-3-4-11(9-15)5-6-13;/h2,11H,1,3-10,13H2,(H,14,16);1H. The van der Waals surface area contributed by atoms with Crippen LogP contribution >= 0.6 is 12.4 Å². The van der Waals surface area contributed by atoms with Crippen LogP contribution in [0.15, 0.2) is 12.7 Å². The summed E-state index contributed by atoms with van der Waals surface area (Å²) in [6, 6.07) is 0. The summed E-state index contributed by atoms with van der Waals surface area (Å²) in [5.74, 6) is 0.763. The van der Waals surface area contributed by atoms with Gasteiger partial charge in [0.1, 0.15) is 0 Å². The van der Waals surface area contributed by atoms with Crippen LogP contribution in [0.4, 0.5) is 0 Å². The third-order valence-corrected chi connectivity index (χ3v) is 2.99. The van der Waals surface area contributed by atoms with Gasteiger partial charge in [0.05, 0.1) is 6.54 Å². The number of hydrogen-bond acceptors (Lipinski definition) is 3. The van der Waals surface area contributed by atoms with Gasteiger partial charge in [0.25, 0.3) is 0 Å². The molecule has 100 valence electrons. The van der Waals surface area contributed by atoms with Gasteiger partial charge in [0.2, 0.25) is 5.91 Å². The molecule has 0 aromatic heterocycles. The lowest BCUT2D eigenvalue weighted by atomic mass is 9.95. The summed E-state index contributed by atoms with van der Waals surface area (Å²) in [5.41, 5.74) is 5.56. The molecule has 1 rings (SSSR count). The molecule has 0 saturated carbocycles. The van der Waals surface area contributed by atoms with Crippen molar-refractivity contribution in [1.29, 1.82) is 0 Å². The average Bonchev–Trinajstić information content (AvgIpc) is 2.27. The zero-order chi connectivity index (χ0) is 11.8. The highest BCUT2D eigenvalue weighted by molar-refractivity contribution is 5.85. The van der Waals surface area contributed by atoms with Gasteiger partial charge in [-0.25, -0.2) is 0 Å². The molecule has 1 aliphatic heterocycles. The predicted octanol–water partition coefficient (Wildman–Crippen LogP) is 0.771. The predicted molar refractivity (Wildman–Crippen MR) is 73.3 cm³/mol. The number of piperidine rings is 1. The smallest absolute Gasteiger partial charge is 0.234 e. The van der Waals surface area contributed by atoms with E-state index in [0.717, 1.165) is 26.1 Å². The second-order valence-corrected chi connectivity index (χ2v) is 4.41. The summed E-state index contributed by atoms with van der Waals surface area (Å²) < 4.78 is 0. The zero-order valence-corrected chi connectivity index (χ0v) is 11.2. The molecule has 4 nitrogen and oxygen atoms in total. The second-order valence-electron chi connectivity index (χ2n) is 4.41. The minimum absolute atomic E-state index is 0. The Morgan fingerprint density at radius 3 is 3.00 bits per heavy atom. The topological polar surface area (TPSA) is 58.4 Å². The SMILES string of the molecule is C=CCNC(=O)CN1CCCC(CCN)C1.Cl. The van der Waals surface area contributed by atoms with Gasteiger partial charge in [0.15, 0.2) is 0 Å². The van der Waals surface area contributed by atoms with Crippen LogP contribution in [0.3, 0.4) is 0 Å². The first kappa shape index (κ1) is 16.4. The van der Waals surface area contributed by atoms with Crippen molar-refractivity contribution in [1.82, 2.24) is 10.2 Å². The zero-order valence-electron chi connectivity index (χ0n) is 10.4. The maximum Gasteiger partial charge on any atom is 0.234 e. The molecule has 17 heavy (non-hydrogen) atoms. The van der Waals surface area contributed by atoms with E-state index in [4.69, 9.17) is 5.73 Å². The normalized spacial score (nSPS) is 20.4. The van der Waals surface area contributed by atoms with E-state index < -0.39 is 0 Å². The van der Waals surface area contributed by atoms with Crippen molar-refractivity contribution in [3.05, 3.63) is 12.7 Å². The molecule has 1 unspecified atom stereocenters. The monoisotopic (exact) mass is 261 g/mol. The summed E-state index contributed by atoms with van der Waals surface area (Å²) in [7, 11) is 0. The Morgan fingerprint density at radius 2 is 2.35 bits per heavy atom. The molecule has 0 radical (unpaired) electrons. The summed E-state index contributed by atoms with van der Waals surface area (Å²) in [6.45, 7) is 7.43. The van der Waals surface area contributed by atoms with Crippen LogP contribution in [0.2, 0.25) is 0 Å². The van der Waals surface area contributed by atoms with E-state index in [-0.39, 0.29) is 18.3 Å². The van der Waals surface area contributed by atoms with Gasteiger partial charge in [-0.15, -0.1) is 19.0 Å². The molecule has 0 bridgehead atoms. The summed E-state index contributed by atoms with van der Waals surface area (Å²) in [4.78, 5) is 13.7. The molecule has 0 aromatic carbocycles. The van der Waals surface area contributed by atoms with Crippen molar-refractivity contribution in [2.45, 2.75) is 19.3 Å². The molecule has 3 N–H and O–H groups in total. The Bertz CT molecular complexity index is 234. The van der Waals surface area contributed by atoms with Crippen LogP contribution in [0, 0.1) is 5.92 Å². The number of likely N-dealkylation sites (tertiary alicyclic amines) is 1. The number of carbonyl (C=O) groups excluding carboxylic acids is 1. The van der Waals surface area contributed by atoms with Gasteiger partial charge >= 0.3 is 0 Å². The number of carbonyl (C=O) groups is 1. The third kappa shape index (κ3) is 6.66. The fourth-order valence-corrected chi connectivity index (χ4v) is 2.21. The highest BCUT2D eigenvalue weighted by atomic mass is 35.5. The van der Waals surface area contributed by atoms with Gasteiger partial charge in [-0.2, -0.15) is 0 Å². The first-order valence-electron chi connectivity index (χ1n) is 6.06. The maximum absolute atomic E-state index is 11.5. The number of nitrogens with one attached hydrogen (secondary N) is 1. The van der Waals surface area contributed by atoms with Crippen molar-refractivity contribution in [3.8, 4) is 0 Å². The van der Waals surface area contributed by atoms with Gasteiger partial charge < -0.3 is 11.1 Å². The fourth-order valence-electron chi connectivity index (χ4n) is 2.21. The molecule has 0 aliphatic carbocycles. The van der Waals surface area contributed by atoms with Crippen LogP contribution < -0.4 is 11.1 Å². The first-order valence-corrected chi connectivity index (χ1v) is 6.06. The molecule has 0 aromatic rings. The second kappa shape index (κ2) is 9.45. The number of nitrogens with two attached hydrogens (primary N) is 1. The van der Waals surface area contributed by atoms with E-state index in [9.17, 15) is 4.79 Å². The van der Waals surface area contributed by atoms with Crippen LogP contribution in [0.1, 0.15) is 19.3 Å². The Hall–Kier alpha value is -0.580. The van der Waals surface area contributed by atoms with Gasteiger partial charge in [-0.05, 0) is 38.3 Å². The highest BCUT2D eigenvalue weighted by Crippen LogP contribution is 2.18. The molecule has 1 fully saturated rings. The van der Waals surface area contributed by atoms with Crippen LogP contribution in [0.5, 0.6) is 0 Å². The van der Waals surface area contributed by atoms with Crippen molar-refractivity contribution >= 4 is 18.3 Å². The quantitative estimate of drug-likeness (QED) is 0.695. The minimum Gasteiger partial charge on any atom is -0.352 e. The molecule has 1 atom stereocenters. The molecule has 1 heterocycles. The lowest BCUT2D eigenvalue weighted by molar-refractivity contribution is -0.122. The minimum atomic E-state index is 0. The van der Waals surface area contributed by atoms with E-state index in [1.165, 1.54) is 12.8 Å². The van der Waals surface area contributed by atoms with Crippen LogP contribution in [-0.4, -0.2) is 43.5 Å². The fraction of sp³-hybridized carbons (Fsp3) is 0.750. The van der Waals surface area contributed by atoms with E-state index in [0.29, 0.717) is 19.0 Å². The number of rotatable bonds is 6. The van der Waals surface area contributed by atoms with Crippen LogP contribution in [0.25, 0.3) is 0 Å². The number of amides is 1. The van der Waals surface area contributed by atoms with Gasteiger partial charge in [-0.3, -0.25) is 9.69 Å². The first-order chi connectivity index (χ1) is 7.76. The molecular formula is C12H24ClN3O. The number of halogens is 1. The van der Waals surface area contributed by atoms with E-state index in [2.05, 4.69) is 16.8 Å². The maximum atomic E-state index is 11.5. The van der Waals surface area contributed by atoms with Gasteiger partial charge in [-0.1, -0.05) is 6.08 Å². The molecule has 1 aliphatic rings. The molecular weight excluding hydrogens is 238 g/mol. The van der Waals surface area contributed by atoms with E-state index in [1.54, 1.807) is 6.08 Å². The summed E-state index contributed by atoms with van der Waals surface area (Å²) in [5, 5.41) is 2.80. The van der Waals surface area contributed by atoms with Crippen molar-refractivity contribution < 1.29 is 4.79 Å².